The highest BCUT2D eigenvalue weighted by molar-refractivity contribution is 7.47. The van der Waals surface area contributed by atoms with E-state index in [-0.39, 0.29) is 25.7 Å². The molecule has 0 heterocycles. The summed E-state index contributed by atoms with van der Waals surface area (Å²) in [5, 5.41) is 10.6. The van der Waals surface area contributed by atoms with Crippen molar-refractivity contribution in [3.05, 3.63) is 0 Å². The smallest absolute Gasteiger partial charge is 0.462 e. The predicted octanol–water partition coefficient (Wildman–Crippen LogP) is 22.3. The van der Waals surface area contributed by atoms with E-state index in [1.165, 1.54) is 212 Å². The van der Waals surface area contributed by atoms with Crippen molar-refractivity contribution in [3.8, 4) is 0 Å². The average Bonchev–Trinajstić information content (AvgIpc) is 3.33. The van der Waals surface area contributed by atoms with Gasteiger partial charge in [-0.15, -0.1) is 0 Å². The largest absolute Gasteiger partial charge is 0.472 e. The molecule has 3 N–H and O–H groups in total. The summed E-state index contributed by atoms with van der Waals surface area (Å²) in [6.45, 7) is 9.68. The number of aliphatic hydroxyl groups is 1. The number of hydrogen-bond donors (Lipinski definition) is 3. The van der Waals surface area contributed by atoms with Gasteiger partial charge >= 0.3 is 39.5 Å². The number of rotatable bonds is 75. The molecule has 19 heteroatoms. The molecule has 0 saturated heterocycles. The Kier molecular flexibility index (Phi) is 66.5. The summed E-state index contributed by atoms with van der Waals surface area (Å²) in [5.41, 5.74) is 0. The zero-order valence-corrected chi connectivity index (χ0v) is 63.8. The van der Waals surface area contributed by atoms with Gasteiger partial charge in [-0.05, 0) is 37.5 Å². The van der Waals surface area contributed by atoms with E-state index in [1.54, 1.807) is 0 Å². The van der Waals surface area contributed by atoms with Crippen molar-refractivity contribution < 1.29 is 80.2 Å². The molecule has 0 saturated carbocycles. The van der Waals surface area contributed by atoms with Crippen molar-refractivity contribution in [2.24, 2.45) is 11.8 Å². The monoisotopic (exact) mass is 1400 g/mol. The van der Waals surface area contributed by atoms with Crippen molar-refractivity contribution in [2.45, 2.75) is 413 Å². The molecule has 17 nitrogen and oxygen atoms in total. The van der Waals surface area contributed by atoms with Crippen LogP contribution in [0.4, 0.5) is 0 Å². The molecule has 0 aliphatic rings. The van der Waals surface area contributed by atoms with Crippen LogP contribution in [-0.2, 0) is 65.4 Å². The van der Waals surface area contributed by atoms with Gasteiger partial charge in [-0.3, -0.25) is 37.3 Å². The Morgan fingerprint density at radius 1 is 0.295 bits per heavy atom. The van der Waals surface area contributed by atoms with Gasteiger partial charge in [0.25, 0.3) is 0 Å². The zero-order valence-electron chi connectivity index (χ0n) is 62.0. The number of aliphatic hydroxyl groups excluding tert-OH is 1. The highest BCUT2D eigenvalue weighted by atomic mass is 31.2. The maximum absolute atomic E-state index is 13.1. The zero-order chi connectivity index (χ0) is 70.0. The summed E-state index contributed by atoms with van der Waals surface area (Å²) >= 11 is 0. The molecule has 0 radical (unpaired) electrons. The molecule has 0 fully saturated rings. The molecule has 95 heavy (non-hydrogen) atoms. The highest BCUT2D eigenvalue weighted by Crippen LogP contribution is 2.45. The fourth-order valence-corrected chi connectivity index (χ4v) is 13.2. The molecule has 0 aliphatic heterocycles. The van der Waals surface area contributed by atoms with Gasteiger partial charge in [0.15, 0.2) is 12.2 Å². The lowest BCUT2D eigenvalue weighted by molar-refractivity contribution is -0.161. The summed E-state index contributed by atoms with van der Waals surface area (Å²) in [5.74, 6) is -0.458. The number of phosphoric acid groups is 2. The van der Waals surface area contributed by atoms with E-state index in [4.69, 9.17) is 37.0 Å². The number of carbonyl (C=O) groups excluding carboxylic acids is 4. The van der Waals surface area contributed by atoms with Gasteiger partial charge < -0.3 is 33.8 Å². The Bertz CT molecular complexity index is 1840. The Hall–Kier alpha value is -1.94. The first-order chi connectivity index (χ1) is 45.9. The van der Waals surface area contributed by atoms with Crippen LogP contribution in [0.5, 0.6) is 0 Å². The van der Waals surface area contributed by atoms with Crippen molar-refractivity contribution in [1.82, 2.24) is 0 Å². The average molecular weight is 1400 g/mol. The lowest BCUT2D eigenvalue weighted by Crippen LogP contribution is -2.30. The van der Waals surface area contributed by atoms with E-state index in [0.717, 1.165) is 102 Å². The second-order valence-corrected chi connectivity index (χ2v) is 30.8. The minimum atomic E-state index is -4.96. The van der Waals surface area contributed by atoms with Crippen LogP contribution in [0.3, 0.4) is 0 Å². The standard InChI is InChI=1S/C76H148O17P2/c1-7-11-13-15-17-19-21-28-36-42-48-54-60-75(80)92-71(64-86-73(78)58-52-46-40-34-26-20-18-16-14-12-8-2)66-90-94(82,83)88-62-70(77)63-89-95(84,85)91-67-72(65-87-74(79)59-53-47-41-35-31-30-33-39-45-51-57-69(6)10-4)93-76(81)61-55-49-43-37-29-25-23-22-24-27-32-38-44-50-56-68(5)9-3/h68-72,77H,7-67H2,1-6H3,(H,82,83)(H,84,85)/t68?,69?,70-,71+,72+/m0/s1. The van der Waals surface area contributed by atoms with Crippen LogP contribution >= 0.6 is 15.6 Å². The van der Waals surface area contributed by atoms with Gasteiger partial charge in [0.2, 0.25) is 0 Å². The second kappa shape index (κ2) is 67.9. The predicted molar refractivity (Wildman–Crippen MR) is 386 cm³/mol. The second-order valence-electron chi connectivity index (χ2n) is 27.9. The molecule has 0 aromatic carbocycles. The van der Waals surface area contributed by atoms with E-state index in [2.05, 4.69) is 41.5 Å². The Labute approximate surface area is 581 Å². The number of unbranched alkanes of at least 4 members (excludes halogenated alkanes) is 43. The van der Waals surface area contributed by atoms with Crippen molar-refractivity contribution >= 4 is 39.5 Å². The minimum absolute atomic E-state index is 0.108. The van der Waals surface area contributed by atoms with E-state index >= 15 is 0 Å². The molecule has 7 atom stereocenters. The third-order valence-corrected chi connectivity index (χ3v) is 20.3. The summed E-state index contributed by atoms with van der Waals surface area (Å²) in [6, 6.07) is 0. The van der Waals surface area contributed by atoms with Gasteiger partial charge in [-0.2, -0.15) is 0 Å². The number of phosphoric ester groups is 2. The molecular weight excluding hydrogens is 1250 g/mol. The lowest BCUT2D eigenvalue weighted by Gasteiger charge is -2.21. The number of ether oxygens (including phenoxy) is 4. The molecule has 0 aromatic rings. The molecule has 0 aliphatic carbocycles. The first kappa shape index (κ1) is 93.1. The van der Waals surface area contributed by atoms with Crippen molar-refractivity contribution in [2.75, 3.05) is 39.6 Å². The summed E-state index contributed by atoms with van der Waals surface area (Å²) in [4.78, 5) is 72.8. The van der Waals surface area contributed by atoms with E-state index in [1.807, 2.05) is 0 Å². The normalized spacial score (nSPS) is 14.6. The Balaban J connectivity index is 5.25. The molecule has 0 rings (SSSR count). The fraction of sp³-hybridized carbons (Fsp3) is 0.947. The van der Waals surface area contributed by atoms with Crippen LogP contribution in [0.25, 0.3) is 0 Å². The van der Waals surface area contributed by atoms with Crippen molar-refractivity contribution in [3.63, 3.8) is 0 Å². The maximum Gasteiger partial charge on any atom is 0.472 e. The van der Waals surface area contributed by atoms with E-state index in [0.29, 0.717) is 25.7 Å². The molecule has 0 bridgehead atoms. The van der Waals surface area contributed by atoms with Gasteiger partial charge in [-0.25, -0.2) is 9.13 Å². The van der Waals surface area contributed by atoms with Gasteiger partial charge in [0.1, 0.15) is 19.3 Å². The number of hydrogen-bond acceptors (Lipinski definition) is 15. The van der Waals surface area contributed by atoms with Crippen LogP contribution < -0.4 is 0 Å². The van der Waals surface area contributed by atoms with Gasteiger partial charge in [0, 0.05) is 25.7 Å². The topological polar surface area (TPSA) is 237 Å². The van der Waals surface area contributed by atoms with Gasteiger partial charge in [-0.1, -0.05) is 343 Å². The number of carbonyl (C=O) groups is 4. The first-order valence-electron chi connectivity index (χ1n) is 39.6. The summed E-state index contributed by atoms with van der Waals surface area (Å²) in [6.07, 6.45) is 55.2. The SMILES string of the molecule is CCCCCCCCCCCCCCC(=O)O[C@H](COC(=O)CCCCCCCCCCCCC)COP(=O)(O)OC[C@H](O)COP(=O)(O)OC[C@@H](COC(=O)CCCCCCCCCCCCC(C)CC)OC(=O)CCCCCCCCCCCCCCCCC(C)CC. The first-order valence-corrected chi connectivity index (χ1v) is 42.6. The number of esters is 4. The Morgan fingerprint density at radius 3 is 0.747 bits per heavy atom. The third-order valence-electron chi connectivity index (χ3n) is 18.4. The molecule has 0 aromatic heterocycles. The van der Waals surface area contributed by atoms with E-state index in [9.17, 15) is 43.2 Å². The minimum Gasteiger partial charge on any atom is -0.462 e. The quantitative estimate of drug-likeness (QED) is 0.0222. The molecule has 564 valence electrons. The van der Waals surface area contributed by atoms with Crippen LogP contribution in [0.1, 0.15) is 395 Å². The van der Waals surface area contributed by atoms with Crippen LogP contribution in [0.2, 0.25) is 0 Å². The maximum atomic E-state index is 13.1. The van der Waals surface area contributed by atoms with Crippen molar-refractivity contribution in [1.29, 1.82) is 0 Å². The van der Waals surface area contributed by atoms with Crippen LogP contribution in [0, 0.1) is 11.8 Å². The lowest BCUT2D eigenvalue weighted by atomic mass is 9.99. The summed E-state index contributed by atoms with van der Waals surface area (Å²) in [7, 11) is -9.91. The summed E-state index contributed by atoms with van der Waals surface area (Å²) < 4.78 is 68.5. The van der Waals surface area contributed by atoms with E-state index < -0.39 is 97.5 Å². The molecule has 0 spiro atoms. The molecule has 0 amide bonds. The highest BCUT2D eigenvalue weighted by Gasteiger charge is 2.30. The molecular formula is C76H148O17P2. The van der Waals surface area contributed by atoms with Crippen LogP contribution in [0.15, 0.2) is 0 Å². The molecule has 4 unspecified atom stereocenters. The van der Waals surface area contributed by atoms with Crippen LogP contribution in [-0.4, -0.2) is 96.7 Å². The third kappa shape index (κ3) is 67.6. The van der Waals surface area contributed by atoms with Gasteiger partial charge in [0.05, 0.1) is 26.4 Å². The Morgan fingerprint density at radius 2 is 0.505 bits per heavy atom. The fourth-order valence-electron chi connectivity index (χ4n) is 11.6.